The van der Waals surface area contributed by atoms with Gasteiger partial charge in [-0.3, -0.25) is 0 Å². The zero-order valence-corrected chi connectivity index (χ0v) is 30.5. The maximum absolute atomic E-state index is 2.43. The smallest absolute Gasteiger partial charge is 0.0468 e. The first-order valence-electron chi connectivity index (χ1n) is 17.9. The Bertz CT molecular complexity index is 3050. The molecule has 0 saturated heterocycles. The van der Waals surface area contributed by atoms with Crippen LogP contribution in [0.2, 0.25) is 0 Å². The Morgan fingerprint density at radius 3 is 1.79 bits per heavy atom. The van der Waals surface area contributed by atoms with Crippen LogP contribution < -0.4 is 4.90 Å². The minimum absolute atomic E-state index is 0.0337. The Labute approximate surface area is 310 Å². The van der Waals surface area contributed by atoms with Gasteiger partial charge < -0.3 is 4.90 Å². The fourth-order valence-electron chi connectivity index (χ4n) is 8.60. The average molecular weight is 700 g/mol. The van der Waals surface area contributed by atoms with Crippen LogP contribution in [0.15, 0.2) is 164 Å². The first-order valence-corrected chi connectivity index (χ1v) is 19.5. The van der Waals surface area contributed by atoms with E-state index in [1.807, 2.05) is 22.7 Å². The molecule has 0 N–H and O–H groups in total. The molecule has 52 heavy (non-hydrogen) atoms. The molecule has 0 aliphatic heterocycles. The van der Waals surface area contributed by atoms with E-state index in [-0.39, 0.29) is 5.41 Å². The maximum atomic E-state index is 2.43. The third-order valence-corrected chi connectivity index (χ3v) is 13.5. The molecule has 1 aliphatic rings. The van der Waals surface area contributed by atoms with E-state index in [0.717, 1.165) is 17.1 Å². The normalized spacial score (nSPS) is 13.3. The van der Waals surface area contributed by atoms with E-state index in [0.29, 0.717) is 0 Å². The van der Waals surface area contributed by atoms with Gasteiger partial charge in [0.15, 0.2) is 0 Å². The minimum atomic E-state index is -0.0337. The van der Waals surface area contributed by atoms with Gasteiger partial charge in [0.2, 0.25) is 0 Å². The summed E-state index contributed by atoms with van der Waals surface area (Å²) in [6.07, 6.45) is 0. The highest BCUT2D eigenvalue weighted by Gasteiger charge is 2.35. The highest BCUT2D eigenvalue weighted by Crippen LogP contribution is 2.51. The molecule has 2 heterocycles. The van der Waals surface area contributed by atoms with E-state index in [1.54, 1.807) is 0 Å². The predicted molar refractivity (Wildman–Crippen MR) is 227 cm³/mol. The molecule has 0 fully saturated rings. The van der Waals surface area contributed by atoms with Gasteiger partial charge in [-0.15, -0.1) is 22.7 Å². The molecule has 0 saturated carbocycles. The van der Waals surface area contributed by atoms with Gasteiger partial charge in [-0.05, 0) is 117 Å². The molecule has 0 spiro atoms. The lowest BCUT2D eigenvalue weighted by molar-refractivity contribution is 0.660. The van der Waals surface area contributed by atoms with Gasteiger partial charge in [-0.2, -0.15) is 0 Å². The van der Waals surface area contributed by atoms with Gasteiger partial charge in [0.1, 0.15) is 0 Å². The van der Waals surface area contributed by atoms with Crippen molar-refractivity contribution in [2.75, 3.05) is 4.90 Å². The Morgan fingerprint density at radius 1 is 0.385 bits per heavy atom. The molecule has 10 aromatic rings. The number of nitrogens with zero attached hydrogens (tertiary/aromatic N) is 1. The molecule has 11 rings (SSSR count). The zero-order valence-electron chi connectivity index (χ0n) is 28.9. The lowest BCUT2D eigenvalue weighted by Crippen LogP contribution is -2.15. The van der Waals surface area contributed by atoms with Crippen LogP contribution in [0.3, 0.4) is 0 Å². The van der Waals surface area contributed by atoms with Crippen molar-refractivity contribution in [2.24, 2.45) is 0 Å². The summed E-state index contributed by atoms with van der Waals surface area (Å²) in [6, 6.07) is 61.2. The maximum Gasteiger partial charge on any atom is 0.0468 e. The van der Waals surface area contributed by atoms with Crippen molar-refractivity contribution >= 4 is 90.9 Å². The van der Waals surface area contributed by atoms with Gasteiger partial charge >= 0.3 is 0 Å². The number of hydrogen-bond acceptors (Lipinski definition) is 3. The number of hydrogen-bond donors (Lipinski definition) is 0. The summed E-state index contributed by atoms with van der Waals surface area (Å²) in [7, 11) is 0. The highest BCUT2D eigenvalue weighted by atomic mass is 32.1. The SMILES string of the molecule is CC1(C)c2ccccc2-c2cc(N(c3ccc(-c4ccc5cc6c(cc5c4)sc4ccccc46)cc3)c3ccc4sc5ccccc5c4c3)ccc21. The molecule has 1 nitrogen and oxygen atoms in total. The molecule has 3 heteroatoms. The lowest BCUT2D eigenvalue weighted by Gasteiger charge is -2.27. The number of fused-ring (bicyclic) bond motifs is 10. The lowest BCUT2D eigenvalue weighted by atomic mass is 9.82. The van der Waals surface area contributed by atoms with Crippen LogP contribution in [0.1, 0.15) is 25.0 Å². The van der Waals surface area contributed by atoms with Gasteiger partial charge in [-0.25, -0.2) is 0 Å². The minimum Gasteiger partial charge on any atom is -0.310 e. The molecular formula is C49H33NS2. The quantitative estimate of drug-likeness (QED) is 0.177. The summed E-state index contributed by atoms with van der Waals surface area (Å²) in [5.41, 5.74) is 11.3. The summed E-state index contributed by atoms with van der Waals surface area (Å²) in [4.78, 5) is 2.43. The van der Waals surface area contributed by atoms with E-state index in [2.05, 4.69) is 183 Å². The van der Waals surface area contributed by atoms with E-state index < -0.39 is 0 Å². The Hall–Kier alpha value is -5.74. The molecule has 2 aromatic heterocycles. The van der Waals surface area contributed by atoms with Crippen molar-refractivity contribution in [1.29, 1.82) is 0 Å². The fraction of sp³-hybridized carbons (Fsp3) is 0.0612. The van der Waals surface area contributed by atoms with Crippen molar-refractivity contribution in [1.82, 2.24) is 0 Å². The second kappa shape index (κ2) is 11.1. The Morgan fingerprint density at radius 2 is 0.981 bits per heavy atom. The first kappa shape index (κ1) is 29.9. The Balaban J connectivity index is 1.04. The molecule has 0 radical (unpaired) electrons. The summed E-state index contributed by atoms with van der Waals surface area (Å²) >= 11 is 3.75. The van der Waals surface area contributed by atoms with Crippen molar-refractivity contribution < 1.29 is 0 Å². The van der Waals surface area contributed by atoms with Gasteiger partial charge in [0.05, 0.1) is 0 Å². The molecule has 1 aliphatic carbocycles. The molecule has 0 bridgehead atoms. The molecule has 8 aromatic carbocycles. The van der Waals surface area contributed by atoms with Crippen LogP contribution in [0, 0.1) is 0 Å². The van der Waals surface area contributed by atoms with Gasteiger partial charge in [-0.1, -0.05) is 105 Å². The van der Waals surface area contributed by atoms with E-state index >= 15 is 0 Å². The van der Waals surface area contributed by atoms with Crippen LogP contribution in [-0.4, -0.2) is 0 Å². The van der Waals surface area contributed by atoms with E-state index in [9.17, 15) is 0 Å². The fourth-order valence-corrected chi connectivity index (χ4v) is 10.8. The topological polar surface area (TPSA) is 3.24 Å². The van der Waals surface area contributed by atoms with Crippen LogP contribution in [0.25, 0.3) is 73.4 Å². The van der Waals surface area contributed by atoms with Crippen LogP contribution in [0.5, 0.6) is 0 Å². The summed E-state index contributed by atoms with van der Waals surface area (Å²) in [5, 5.41) is 7.86. The van der Waals surface area contributed by atoms with Crippen LogP contribution in [0.4, 0.5) is 17.1 Å². The summed E-state index contributed by atoms with van der Waals surface area (Å²) in [5.74, 6) is 0. The largest absolute Gasteiger partial charge is 0.310 e. The van der Waals surface area contributed by atoms with Crippen LogP contribution >= 0.6 is 22.7 Å². The van der Waals surface area contributed by atoms with Gasteiger partial charge in [0, 0.05) is 62.8 Å². The van der Waals surface area contributed by atoms with Crippen LogP contribution in [-0.2, 0) is 5.41 Å². The first-order chi connectivity index (χ1) is 25.5. The highest BCUT2D eigenvalue weighted by molar-refractivity contribution is 7.26. The van der Waals surface area contributed by atoms with Crippen molar-refractivity contribution in [3.63, 3.8) is 0 Å². The van der Waals surface area contributed by atoms with Gasteiger partial charge in [0.25, 0.3) is 0 Å². The second-order valence-electron chi connectivity index (χ2n) is 14.6. The predicted octanol–water partition coefficient (Wildman–Crippen LogP) is 15.0. The standard InChI is InChI=1S/C49H33NS2/c1-49(2)43-12-6-3-9-37(43)40-28-35(21-23-44(40)49)50(36-22-24-47-42(29-36)39-11-5-7-13-45(39)51-47)34-19-17-30(18-20-34)31-15-16-32-26-41-38-10-4-8-14-46(38)52-48(41)27-33(32)25-31/h3-29H,1-2H3. The zero-order chi connectivity index (χ0) is 34.6. The number of benzene rings is 8. The van der Waals surface area contributed by atoms with Crippen molar-refractivity contribution in [2.45, 2.75) is 19.3 Å². The molecule has 246 valence electrons. The van der Waals surface area contributed by atoms with E-state index in [1.165, 1.54) is 84.5 Å². The number of anilines is 3. The Kier molecular flexibility index (Phi) is 6.41. The summed E-state index contributed by atoms with van der Waals surface area (Å²) in [6.45, 7) is 4.70. The number of rotatable bonds is 4. The summed E-state index contributed by atoms with van der Waals surface area (Å²) < 4.78 is 5.32. The third kappa shape index (κ3) is 4.46. The molecule has 0 amide bonds. The molecular weight excluding hydrogens is 667 g/mol. The third-order valence-electron chi connectivity index (χ3n) is 11.2. The molecule has 0 unspecified atom stereocenters. The average Bonchev–Trinajstić information content (AvgIpc) is 3.81. The number of thiophene rings is 2. The second-order valence-corrected chi connectivity index (χ2v) is 16.7. The van der Waals surface area contributed by atoms with Crippen molar-refractivity contribution in [3.05, 3.63) is 175 Å². The van der Waals surface area contributed by atoms with E-state index in [4.69, 9.17) is 0 Å². The van der Waals surface area contributed by atoms with Crippen molar-refractivity contribution in [3.8, 4) is 22.3 Å². The molecule has 0 atom stereocenters. The monoisotopic (exact) mass is 699 g/mol.